The molecule has 0 spiro atoms. The second kappa shape index (κ2) is 4.05. The van der Waals surface area contributed by atoms with Crippen molar-refractivity contribution in [1.82, 2.24) is 25.4 Å². The average molecular weight is 219 g/mol. The summed E-state index contributed by atoms with van der Waals surface area (Å²) in [6, 6.07) is 0. The highest BCUT2D eigenvalue weighted by Crippen LogP contribution is 2.23. The Kier molecular flexibility index (Phi) is 2.41. The molecule has 0 amide bonds. The van der Waals surface area contributed by atoms with Crippen LogP contribution in [0.1, 0.15) is 24.7 Å². The van der Waals surface area contributed by atoms with Crippen molar-refractivity contribution in [2.24, 2.45) is 0 Å². The van der Waals surface area contributed by atoms with Gasteiger partial charge in [-0.2, -0.15) is 4.98 Å². The molecule has 6 heteroatoms. The van der Waals surface area contributed by atoms with Gasteiger partial charge in [0.05, 0.1) is 5.92 Å². The fraction of sp³-hybridized carbons (Fsp3) is 0.500. The SMILES string of the molecule is c1c[nH]c(-c2noc([C@@H]3CCCNC3)n2)n1. The van der Waals surface area contributed by atoms with E-state index in [0.29, 0.717) is 23.5 Å². The van der Waals surface area contributed by atoms with E-state index in [1.54, 1.807) is 12.4 Å². The number of H-pyrrole nitrogens is 1. The number of nitrogens with one attached hydrogen (secondary N) is 2. The highest BCUT2D eigenvalue weighted by Gasteiger charge is 2.22. The van der Waals surface area contributed by atoms with Crippen LogP contribution in [0.3, 0.4) is 0 Å². The topological polar surface area (TPSA) is 79.6 Å². The van der Waals surface area contributed by atoms with Gasteiger partial charge in [0.1, 0.15) is 0 Å². The van der Waals surface area contributed by atoms with E-state index < -0.39 is 0 Å². The summed E-state index contributed by atoms with van der Waals surface area (Å²) in [6.07, 6.45) is 5.68. The van der Waals surface area contributed by atoms with E-state index in [1.807, 2.05) is 0 Å². The molecule has 1 atom stereocenters. The fourth-order valence-electron chi connectivity index (χ4n) is 1.95. The predicted molar refractivity (Wildman–Crippen MR) is 56.7 cm³/mol. The number of piperidine rings is 1. The van der Waals surface area contributed by atoms with E-state index >= 15 is 0 Å². The summed E-state index contributed by atoms with van der Waals surface area (Å²) in [7, 11) is 0. The van der Waals surface area contributed by atoms with Crippen LogP contribution in [0.5, 0.6) is 0 Å². The lowest BCUT2D eigenvalue weighted by atomic mass is 10.00. The van der Waals surface area contributed by atoms with Crippen molar-refractivity contribution in [3.8, 4) is 11.6 Å². The van der Waals surface area contributed by atoms with Crippen molar-refractivity contribution in [2.75, 3.05) is 13.1 Å². The van der Waals surface area contributed by atoms with Gasteiger partial charge in [-0.3, -0.25) is 0 Å². The highest BCUT2D eigenvalue weighted by atomic mass is 16.5. The van der Waals surface area contributed by atoms with Crippen molar-refractivity contribution in [1.29, 1.82) is 0 Å². The molecule has 1 aliphatic rings. The van der Waals surface area contributed by atoms with E-state index in [-0.39, 0.29) is 0 Å². The van der Waals surface area contributed by atoms with Crippen LogP contribution in [0.4, 0.5) is 0 Å². The third-order valence-corrected chi connectivity index (χ3v) is 2.80. The Morgan fingerprint density at radius 1 is 1.44 bits per heavy atom. The first kappa shape index (κ1) is 9.53. The van der Waals surface area contributed by atoms with Crippen LogP contribution in [-0.4, -0.2) is 33.2 Å². The largest absolute Gasteiger partial charge is 0.342 e. The zero-order valence-corrected chi connectivity index (χ0v) is 8.81. The molecule has 2 aromatic heterocycles. The monoisotopic (exact) mass is 219 g/mol. The summed E-state index contributed by atoms with van der Waals surface area (Å²) in [4.78, 5) is 11.4. The second-order valence-electron chi connectivity index (χ2n) is 3.94. The molecule has 3 heterocycles. The minimum atomic E-state index is 0.338. The molecule has 1 saturated heterocycles. The van der Waals surface area contributed by atoms with Gasteiger partial charge < -0.3 is 14.8 Å². The Balaban J connectivity index is 1.82. The molecular weight excluding hydrogens is 206 g/mol. The second-order valence-corrected chi connectivity index (χ2v) is 3.94. The lowest BCUT2D eigenvalue weighted by Crippen LogP contribution is -2.28. The van der Waals surface area contributed by atoms with Crippen LogP contribution in [-0.2, 0) is 0 Å². The van der Waals surface area contributed by atoms with Crippen molar-refractivity contribution >= 4 is 0 Å². The van der Waals surface area contributed by atoms with Crippen LogP contribution in [0, 0.1) is 0 Å². The van der Waals surface area contributed by atoms with Crippen molar-refractivity contribution in [2.45, 2.75) is 18.8 Å². The Morgan fingerprint density at radius 2 is 2.44 bits per heavy atom. The summed E-state index contributed by atoms with van der Waals surface area (Å²) in [6.45, 7) is 2.00. The zero-order valence-electron chi connectivity index (χ0n) is 8.81. The Morgan fingerprint density at radius 3 is 3.19 bits per heavy atom. The van der Waals surface area contributed by atoms with Gasteiger partial charge >= 0.3 is 0 Å². The van der Waals surface area contributed by atoms with Gasteiger partial charge in [-0.1, -0.05) is 5.16 Å². The average Bonchev–Trinajstić information content (AvgIpc) is 3.01. The fourth-order valence-corrected chi connectivity index (χ4v) is 1.95. The van der Waals surface area contributed by atoms with Gasteiger partial charge in [-0.25, -0.2) is 4.98 Å². The quantitative estimate of drug-likeness (QED) is 0.785. The number of imidazole rings is 1. The third-order valence-electron chi connectivity index (χ3n) is 2.80. The van der Waals surface area contributed by atoms with Crippen molar-refractivity contribution in [3.63, 3.8) is 0 Å². The predicted octanol–water partition coefficient (Wildman–Crippen LogP) is 0.927. The summed E-state index contributed by atoms with van der Waals surface area (Å²) in [5.74, 6) is 2.23. The Labute approximate surface area is 92.5 Å². The minimum absolute atomic E-state index is 0.338. The van der Waals surface area contributed by atoms with E-state index in [1.165, 1.54) is 0 Å². The van der Waals surface area contributed by atoms with Crippen LogP contribution in [0.25, 0.3) is 11.6 Å². The Bertz CT molecular complexity index is 443. The molecule has 16 heavy (non-hydrogen) atoms. The lowest BCUT2D eigenvalue weighted by molar-refractivity contribution is 0.322. The van der Waals surface area contributed by atoms with Gasteiger partial charge in [0.15, 0.2) is 5.82 Å². The molecule has 2 N–H and O–H groups in total. The van der Waals surface area contributed by atoms with Crippen LogP contribution in [0.2, 0.25) is 0 Å². The molecule has 0 aliphatic carbocycles. The van der Waals surface area contributed by atoms with E-state index in [4.69, 9.17) is 4.52 Å². The normalized spacial score (nSPS) is 21.1. The number of aromatic amines is 1. The standard InChI is InChI=1S/C10H13N5O/c1-2-7(6-11-3-1)10-14-9(15-16-10)8-12-4-5-13-8/h4-5,7,11H,1-3,6H2,(H,12,13)/t7-/m1/s1. The first-order valence-corrected chi connectivity index (χ1v) is 5.47. The van der Waals surface area contributed by atoms with E-state index in [2.05, 4.69) is 25.4 Å². The number of aromatic nitrogens is 4. The van der Waals surface area contributed by atoms with Gasteiger partial charge in [-0.05, 0) is 19.4 Å². The van der Waals surface area contributed by atoms with Gasteiger partial charge in [-0.15, -0.1) is 0 Å². The molecule has 0 aromatic carbocycles. The number of hydrogen-bond donors (Lipinski definition) is 2. The summed E-state index contributed by atoms with van der Waals surface area (Å²) >= 11 is 0. The van der Waals surface area contributed by atoms with Crippen LogP contribution < -0.4 is 5.32 Å². The van der Waals surface area contributed by atoms with Gasteiger partial charge in [0, 0.05) is 18.9 Å². The van der Waals surface area contributed by atoms with Gasteiger partial charge in [0.25, 0.3) is 0 Å². The molecule has 0 saturated carbocycles. The molecule has 1 fully saturated rings. The maximum absolute atomic E-state index is 5.27. The molecule has 0 bridgehead atoms. The minimum Gasteiger partial charge on any atom is -0.342 e. The maximum Gasteiger partial charge on any atom is 0.238 e. The molecule has 84 valence electrons. The summed E-state index contributed by atoms with van der Waals surface area (Å²) in [5, 5.41) is 7.25. The number of nitrogens with zero attached hydrogens (tertiary/aromatic N) is 3. The molecular formula is C10H13N5O. The highest BCUT2D eigenvalue weighted by molar-refractivity contribution is 5.40. The smallest absolute Gasteiger partial charge is 0.238 e. The van der Waals surface area contributed by atoms with E-state index in [9.17, 15) is 0 Å². The summed E-state index contributed by atoms with van der Waals surface area (Å²) < 4.78 is 5.27. The summed E-state index contributed by atoms with van der Waals surface area (Å²) in [5.41, 5.74) is 0. The van der Waals surface area contributed by atoms with E-state index in [0.717, 1.165) is 25.9 Å². The molecule has 0 radical (unpaired) electrons. The van der Waals surface area contributed by atoms with Crippen molar-refractivity contribution < 1.29 is 4.52 Å². The molecule has 6 nitrogen and oxygen atoms in total. The molecule has 0 unspecified atom stereocenters. The number of rotatable bonds is 2. The van der Waals surface area contributed by atoms with Gasteiger partial charge in [0.2, 0.25) is 11.7 Å². The van der Waals surface area contributed by atoms with Crippen LogP contribution >= 0.6 is 0 Å². The molecule has 1 aliphatic heterocycles. The lowest BCUT2D eigenvalue weighted by Gasteiger charge is -2.18. The Hall–Kier alpha value is -1.69. The maximum atomic E-state index is 5.27. The first-order valence-electron chi connectivity index (χ1n) is 5.47. The third kappa shape index (κ3) is 1.71. The van der Waals surface area contributed by atoms with Crippen molar-refractivity contribution in [3.05, 3.63) is 18.3 Å². The zero-order chi connectivity index (χ0) is 10.8. The number of hydrogen-bond acceptors (Lipinski definition) is 5. The van der Waals surface area contributed by atoms with Crippen LogP contribution in [0.15, 0.2) is 16.9 Å². The first-order chi connectivity index (χ1) is 7.93. The molecule has 3 rings (SSSR count). The molecule has 2 aromatic rings.